The Hall–Kier alpha value is -2.11. The summed E-state index contributed by atoms with van der Waals surface area (Å²) in [4.78, 5) is 22.0. The molecule has 2 unspecified atom stereocenters. The van der Waals surface area contributed by atoms with Crippen LogP contribution < -0.4 is 5.32 Å². The van der Waals surface area contributed by atoms with E-state index in [1.165, 1.54) is 23.1 Å². The minimum atomic E-state index is -0.443. The van der Waals surface area contributed by atoms with Crippen LogP contribution in [0, 0.1) is 17.2 Å². The van der Waals surface area contributed by atoms with Crippen molar-refractivity contribution < 1.29 is 4.79 Å². The summed E-state index contributed by atoms with van der Waals surface area (Å²) in [6, 6.07) is 9.39. The fourth-order valence-electron chi connectivity index (χ4n) is 3.58. The van der Waals surface area contributed by atoms with Crippen LogP contribution in [-0.2, 0) is 17.6 Å². The number of aromatic nitrogens is 2. The Morgan fingerprint density at radius 1 is 1.34 bits per heavy atom. The van der Waals surface area contributed by atoms with Gasteiger partial charge in [-0.25, -0.2) is 9.97 Å². The number of hydrogen-bond donors (Lipinski definition) is 1. The van der Waals surface area contributed by atoms with Gasteiger partial charge in [-0.15, -0.1) is 11.3 Å². The third kappa shape index (κ3) is 5.10. The highest BCUT2D eigenvalue weighted by Gasteiger charge is 2.23. The van der Waals surface area contributed by atoms with Gasteiger partial charge in [0.2, 0.25) is 5.91 Å². The highest BCUT2D eigenvalue weighted by Crippen LogP contribution is 2.34. The van der Waals surface area contributed by atoms with E-state index in [2.05, 4.69) is 23.3 Å². The molecule has 0 bridgehead atoms. The molecule has 2 atom stereocenters. The topological polar surface area (TPSA) is 78.7 Å². The zero-order valence-corrected chi connectivity index (χ0v) is 20.6. The molecule has 1 aliphatic rings. The average Bonchev–Trinajstić information content (AvgIpc) is 3.21. The number of benzene rings is 1. The Labute approximate surface area is 205 Å². The first-order chi connectivity index (χ1) is 15.3. The minimum Gasteiger partial charge on any atom is -0.301 e. The number of amides is 1. The van der Waals surface area contributed by atoms with Crippen molar-refractivity contribution in [1.29, 1.82) is 5.26 Å². The van der Waals surface area contributed by atoms with Crippen molar-refractivity contribution in [2.45, 2.75) is 43.4 Å². The van der Waals surface area contributed by atoms with Crippen LogP contribution in [0.3, 0.4) is 0 Å². The number of nitriles is 1. The van der Waals surface area contributed by atoms with E-state index in [4.69, 9.17) is 28.2 Å². The van der Waals surface area contributed by atoms with E-state index in [0.717, 1.165) is 36.1 Å². The highest BCUT2D eigenvalue weighted by atomic mass is 35.5. The van der Waals surface area contributed by atoms with E-state index in [1.807, 2.05) is 11.4 Å². The number of pyridine rings is 1. The Kier molecular flexibility index (Phi) is 7.06. The largest absolute Gasteiger partial charge is 0.301 e. The molecule has 2 heterocycles. The third-order valence-electron chi connectivity index (χ3n) is 5.32. The molecule has 0 spiro atoms. The lowest BCUT2D eigenvalue weighted by Gasteiger charge is -2.22. The number of rotatable bonds is 5. The first kappa shape index (κ1) is 23.1. The number of nitrogens with one attached hydrogen (secondary N) is 1. The molecule has 0 radical (unpaired) electrons. The van der Waals surface area contributed by atoms with Gasteiger partial charge in [0, 0.05) is 21.7 Å². The third-order valence-corrected chi connectivity index (χ3v) is 7.73. The molecule has 2 aromatic heterocycles. The van der Waals surface area contributed by atoms with Gasteiger partial charge in [-0.1, -0.05) is 41.9 Å². The number of fused-ring (bicyclic) bond motifs is 1. The fraction of sp³-hybridized carbons (Fsp3) is 0.304. The lowest BCUT2D eigenvalue weighted by atomic mass is 9.87. The van der Waals surface area contributed by atoms with Gasteiger partial charge in [-0.2, -0.15) is 5.26 Å². The van der Waals surface area contributed by atoms with Crippen molar-refractivity contribution in [1.82, 2.24) is 9.97 Å². The van der Waals surface area contributed by atoms with Gasteiger partial charge >= 0.3 is 0 Å². The maximum Gasteiger partial charge on any atom is 0.239 e. The minimum absolute atomic E-state index is 0.199. The van der Waals surface area contributed by atoms with Crippen molar-refractivity contribution in [2.75, 3.05) is 5.32 Å². The summed E-state index contributed by atoms with van der Waals surface area (Å²) in [5, 5.41) is 16.0. The molecule has 3 aromatic rings. The molecular formula is C23H20Cl2N4OS2. The van der Waals surface area contributed by atoms with Gasteiger partial charge < -0.3 is 5.32 Å². The highest BCUT2D eigenvalue weighted by molar-refractivity contribution is 8.00. The molecule has 4 rings (SSSR count). The number of carbonyl (C=O) groups excluding carboxylic acids is 1. The van der Waals surface area contributed by atoms with Gasteiger partial charge in [-0.3, -0.25) is 4.79 Å². The molecule has 9 heteroatoms. The summed E-state index contributed by atoms with van der Waals surface area (Å²) in [5.74, 6) is 0.403. The van der Waals surface area contributed by atoms with Crippen LogP contribution in [0.15, 0.2) is 34.7 Å². The van der Waals surface area contributed by atoms with E-state index >= 15 is 0 Å². The molecule has 0 saturated heterocycles. The van der Waals surface area contributed by atoms with Crippen molar-refractivity contribution in [3.8, 4) is 17.3 Å². The van der Waals surface area contributed by atoms with Crippen LogP contribution >= 0.6 is 46.3 Å². The maximum atomic E-state index is 12.8. The number of thiazole rings is 1. The predicted molar refractivity (Wildman–Crippen MR) is 132 cm³/mol. The van der Waals surface area contributed by atoms with E-state index in [1.54, 1.807) is 25.1 Å². The van der Waals surface area contributed by atoms with E-state index in [0.29, 0.717) is 37.4 Å². The van der Waals surface area contributed by atoms with Crippen LogP contribution in [0.1, 0.15) is 37.1 Å². The number of thioether (sulfide) groups is 1. The smallest absolute Gasteiger partial charge is 0.239 e. The van der Waals surface area contributed by atoms with Crippen LogP contribution in [0.2, 0.25) is 10.0 Å². The van der Waals surface area contributed by atoms with Gasteiger partial charge in [0.05, 0.1) is 21.5 Å². The first-order valence-corrected chi connectivity index (χ1v) is 12.7. The molecule has 164 valence electrons. The zero-order valence-electron chi connectivity index (χ0n) is 17.5. The molecular weight excluding hydrogens is 483 g/mol. The summed E-state index contributed by atoms with van der Waals surface area (Å²) in [6.45, 7) is 4.02. The van der Waals surface area contributed by atoms with Crippen LogP contribution in [0.4, 0.5) is 5.13 Å². The Bertz CT molecular complexity index is 1220. The molecule has 0 saturated carbocycles. The SMILES string of the molecule is CC1CCc2nc(SC(C)C(=O)Nc3nc(-c4ccc(Cl)cc4Cl)cs3)c(C#N)cc2C1. The Morgan fingerprint density at radius 2 is 2.16 bits per heavy atom. The molecule has 1 aliphatic carbocycles. The maximum absolute atomic E-state index is 12.8. The number of carbonyl (C=O) groups is 1. The molecule has 1 N–H and O–H groups in total. The molecule has 0 fully saturated rings. The summed E-state index contributed by atoms with van der Waals surface area (Å²) in [7, 11) is 0. The van der Waals surface area contributed by atoms with Crippen LogP contribution in [0.25, 0.3) is 11.3 Å². The van der Waals surface area contributed by atoms with Crippen molar-refractivity contribution >= 4 is 57.3 Å². The lowest BCUT2D eigenvalue weighted by molar-refractivity contribution is -0.115. The number of anilines is 1. The summed E-state index contributed by atoms with van der Waals surface area (Å²) in [5.41, 5.74) is 4.14. The van der Waals surface area contributed by atoms with Crippen molar-refractivity contribution in [3.63, 3.8) is 0 Å². The summed E-state index contributed by atoms with van der Waals surface area (Å²) >= 11 is 14.8. The van der Waals surface area contributed by atoms with Gasteiger partial charge in [-0.05, 0) is 61.9 Å². The number of hydrogen-bond acceptors (Lipinski definition) is 6. The van der Waals surface area contributed by atoms with E-state index in [-0.39, 0.29) is 5.91 Å². The lowest BCUT2D eigenvalue weighted by Crippen LogP contribution is -2.23. The number of aryl methyl sites for hydroxylation is 1. The fourth-order valence-corrected chi connectivity index (χ4v) is 5.69. The number of halogens is 2. The first-order valence-electron chi connectivity index (χ1n) is 10.2. The van der Waals surface area contributed by atoms with Crippen LogP contribution in [-0.4, -0.2) is 21.1 Å². The van der Waals surface area contributed by atoms with E-state index in [9.17, 15) is 10.1 Å². The average molecular weight is 503 g/mol. The molecule has 1 amide bonds. The van der Waals surface area contributed by atoms with Gasteiger partial charge in [0.25, 0.3) is 0 Å². The van der Waals surface area contributed by atoms with Crippen LogP contribution in [0.5, 0.6) is 0 Å². The second-order valence-corrected chi connectivity index (χ2v) is 10.8. The summed E-state index contributed by atoms with van der Waals surface area (Å²) in [6.07, 6.45) is 2.95. The van der Waals surface area contributed by atoms with Gasteiger partial charge in [0.1, 0.15) is 11.1 Å². The molecule has 5 nitrogen and oxygen atoms in total. The second kappa shape index (κ2) is 9.80. The molecule has 1 aromatic carbocycles. The van der Waals surface area contributed by atoms with Crippen molar-refractivity contribution in [2.24, 2.45) is 5.92 Å². The van der Waals surface area contributed by atoms with Gasteiger partial charge in [0.15, 0.2) is 5.13 Å². The summed E-state index contributed by atoms with van der Waals surface area (Å²) < 4.78 is 0. The molecule has 32 heavy (non-hydrogen) atoms. The normalized spacial score (nSPS) is 16.2. The second-order valence-electron chi connectivity index (χ2n) is 7.82. The zero-order chi connectivity index (χ0) is 22.8. The quantitative estimate of drug-likeness (QED) is 0.396. The predicted octanol–water partition coefficient (Wildman–Crippen LogP) is 6.63. The number of nitrogens with zero attached hydrogens (tertiary/aromatic N) is 3. The molecule has 0 aliphatic heterocycles. The monoisotopic (exact) mass is 502 g/mol. The Balaban J connectivity index is 1.46. The van der Waals surface area contributed by atoms with E-state index < -0.39 is 5.25 Å². The standard InChI is InChI=1S/C23H20Cl2N4OS2/c1-12-3-6-19-14(7-12)8-15(10-26)22(27-19)32-13(2)21(30)29-23-28-20(11-31-23)17-5-4-16(24)9-18(17)25/h4-5,8-9,11-13H,3,6-7H2,1-2H3,(H,28,29,30). The Morgan fingerprint density at radius 3 is 2.91 bits per heavy atom. The van der Waals surface area contributed by atoms with Crippen molar-refractivity contribution in [3.05, 3.63) is 56.5 Å².